The van der Waals surface area contributed by atoms with Gasteiger partial charge < -0.3 is 19.5 Å². The zero-order valence-electron chi connectivity index (χ0n) is 10.9. The average molecular weight is 308 g/mol. The summed E-state index contributed by atoms with van der Waals surface area (Å²) in [5.41, 5.74) is 0.690. The Hall–Kier alpha value is -2.54. The number of fused-ring (bicyclic) bond motifs is 1. The van der Waals surface area contributed by atoms with Crippen molar-refractivity contribution >= 4 is 29.2 Å². The molecule has 0 saturated carbocycles. The lowest BCUT2D eigenvalue weighted by Crippen LogP contribution is -2.08. The van der Waals surface area contributed by atoms with Gasteiger partial charge >= 0.3 is 5.97 Å². The van der Waals surface area contributed by atoms with Crippen LogP contribution in [0.2, 0.25) is 5.02 Å². The zero-order valence-corrected chi connectivity index (χ0v) is 11.7. The highest BCUT2D eigenvalue weighted by molar-refractivity contribution is 6.33. The van der Waals surface area contributed by atoms with Crippen LogP contribution in [0.15, 0.2) is 24.4 Å². The Balaban J connectivity index is 1.86. The topological polar surface area (TPSA) is 82.6 Å². The quantitative estimate of drug-likeness (QED) is 0.872. The third-order valence-corrected chi connectivity index (χ3v) is 3.03. The molecule has 2 aromatic rings. The lowest BCUT2D eigenvalue weighted by atomic mass is 10.3. The largest absolute Gasteiger partial charge is 0.464 e. The first-order chi connectivity index (χ1) is 10.2. The number of benzene rings is 1. The molecule has 0 amide bonds. The number of nitrogens with zero attached hydrogens (tertiary/aromatic N) is 2. The zero-order chi connectivity index (χ0) is 14.8. The summed E-state index contributed by atoms with van der Waals surface area (Å²) in [5, 5.41) is 3.08. The molecule has 0 unspecified atom stereocenters. The molecule has 2 heterocycles. The molecule has 0 atom stereocenters. The van der Waals surface area contributed by atoms with Crippen molar-refractivity contribution in [3.05, 3.63) is 35.1 Å². The van der Waals surface area contributed by atoms with Crippen molar-refractivity contribution in [1.29, 1.82) is 0 Å². The summed E-state index contributed by atoms with van der Waals surface area (Å²) < 4.78 is 15.1. The van der Waals surface area contributed by atoms with Crippen LogP contribution in [0.5, 0.6) is 11.5 Å². The number of esters is 1. The van der Waals surface area contributed by atoms with Gasteiger partial charge in [-0.2, -0.15) is 0 Å². The summed E-state index contributed by atoms with van der Waals surface area (Å²) in [6.45, 7) is 0.197. The van der Waals surface area contributed by atoms with E-state index in [4.69, 9.17) is 21.1 Å². The van der Waals surface area contributed by atoms with Crippen molar-refractivity contribution in [2.24, 2.45) is 0 Å². The Labute approximate surface area is 124 Å². The summed E-state index contributed by atoms with van der Waals surface area (Å²) in [7, 11) is 1.26. The second-order valence-electron chi connectivity index (χ2n) is 4.07. The number of carbonyl (C=O) groups is 1. The fourth-order valence-electron chi connectivity index (χ4n) is 1.77. The van der Waals surface area contributed by atoms with Gasteiger partial charge in [0, 0.05) is 11.8 Å². The lowest BCUT2D eigenvalue weighted by Gasteiger charge is -2.07. The van der Waals surface area contributed by atoms with Gasteiger partial charge in [-0.3, -0.25) is 0 Å². The number of rotatable bonds is 3. The number of methoxy groups -OCH3 is 1. The number of hydrogen-bond donors (Lipinski definition) is 1. The van der Waals surface area contributed by atoms with E-state index in [1.807, 2.05) is 0 Å². The Bertz CT molecular complexity index is 708. The van der Waals surface area contributed by atoms with E-state index in [1.165, 1.54) is 13.3 Å². The first-order valence-electron chi connectivity index (χ1n) is 5.95. The normalized spacial score (nSPS) is 12.1. The third-order valence-electron chi connectivity index (χ3n) is 2.75. The van der Waals surface area contributed by atoms with Crippen molar-refractivity contribution < 1.29 is 19.0 Å². The molecule has 21 heavy (non-hydrogen) atoms. The Morgan fingerprint density at radius 1 is 1.38 bits per heavy atom. The van der Waals surface area contributed by atoms with Gasteiger partial charge in [0.05, 0.1) is 18.3 Å². The molecule has 3 rings (SSSR count). The van der Waals surface area contributed by atoms with E-state index >= 15 is 0 Å². The fourth-order valence-corrected chi connectivity index (χ4v) is 1.94. The van der Waals surface area contributed by atoms with E-state index in [0.29, 0.717) is 17.2 Å². The smallest absolute Gasteiger partial charge is 0.358 e. The maximum Gasteiger partial charge on any atom is 0.358 e. The van der Waals surface area contributed by atoms with Crippen LogP contribution in [-0.4, -0.2) is 29.8 Å². The number of aromatic nitrogens is 2. The van der Waals surface area contributed by atoms with Crippen LogP contribution < -0.4 is 14.8 Å². The molecule has 1 aromatic heterocycles. The standard InChI is InChI=1S/C13H10ClN3O4/c1-19-12(18)11-8(14)5-15-13(17-11)16-7-2-3-9-10(4-7)21-6-20-9/h2-5H,6H2,1H3,(H,15,16,17). The molecule has 7 nitrogen and oxygen atoms in total. The van der Waals surface area contributed by atoms with Crippen LogP contribution in [0.1, 0.15) is 10.5 Å². The van der Waals surface area contributed by atoms with Crippen molar-refractivity contribution in [2.75, 3.05) is 19.2 Å². The number of carbonyl (C=O) groups excluding carboxylic acids is 1. The van der Waals surface area contributed by atoms with Crippen molar-refractivity contribution in [1.82, 2.24) is 9.97 Å². The number of nitrogens with one attached hydrogen (secondary N) is 1. The maximum absolute atomic E-state index is 11.5. The summed E-state index contributed by atoms with van der Waals surface area (Å²) in [6.07, 6.45) is 1.33. The second kappa shape index (κ2) is 5.45. The van der Waals surface area contributed by atoms with Crippen LogP contribution in [0.4, 0.5) is 11.6 Å². The summed E-state index contributed by atoms with van der Waals surface area (Å²) in [6, 6.07) is 5.29. The third kappa shape index (κ3) is 2.68. The molecule has 1 aromatic carbocycles. The van der Waals surface area contributed by atoms with Crippen LogP contribution in [-0.2, 0) is 4.74 Å². The fraction of sp³-hybridized carbons (Fsp3) is 0.154. The minimum absolute atomic E-state index is 0.00240. The summed E-state index contributed by atoms with van der Waals surface area (Å²) in [4.78, 5) is 19.6. The molecule has 0 bridgehead atoms. The summed E-state index contributed by atoms with van der Waals surface area (Å²) >= 11 is 5.86. The summed E-state index contributed by atoms with van der Waals surface area (Å²) in [5.74, 6) is 0.893. The van der Waals surface area contributed by atoms with Crippen molar-refractivity contribution in [3.8, 4) is 11.5 Å². The van der Waals surface area contributed by atoms with E-state index in [9.17, 15) is 4.79 Å². The molecular formula is C13H10ClN3O4. The Kier molecular flexibility index (Phi) is 3.49. The van der Waals surface area contributed by atoms with Gasteiger partial charge in [-0.25, -0.2) is 14.8 Å². The molecule has 1 aliphatic rings. The van der Waals surface area contributed by atoms with Crippen LogP contribution in [0.25, 0.3) is 0 Å². The predicted molar refractivity (Wildman–Crippen MR) is 74.2 cm³/mol. The molecule has 8 heteroatoms. The highest BCUT2D eigenvalue weighted by Crippen LogP contribution is 2.34. The van der Waals surface area contributed by atoms with Gasteiger partial charge in [-0.05, 0) is 12.1 Å². The van der Waals surface area contributed by atoms with Crippen molar-refractivity contribution in [3.63, 3.8) is 0 Å². The molecule has 0 saturated heterocycles. The predicted octanol–water partition coefficient (Wildman–Crippen LogP) is 2.39. The number of hydrogen-bond acceptors (Lipinski definition) is 7. The van der Waals surface area contributed by atoms with Crippen LogP contribution in [0.3, 0.4) is 0 Å². The second-order valence-corrected chi connectivity index (χ2v) is 4.48. The number of anilines is 2. The molecule has 1 aliphatic heterocycles. The minimum atomic E-state index is -0.629. The SMILES string of the molecule is COC(=O)c1nc(Nc2ccc3c(c2)OCO3)ncc1Cl. The van der Waals surface area contributed by atoms with Gasteiger partial charge in [-0.15, -0.1) is 0 Å². The highest BCUT2D eigenvalue weighted by Gasteiger charge is 2.16. The molecule has 0 aliphatic carbocycles. The average Bonchev–Trinajstić information content (AvgIpc) is 2.96. The highest BCUT2D eigenvalue weighted by atomic mass is 35.5. The Morgan fingerprint density at radius 2 is 2.19 bits per heavy atom. The van der Waals surface area contributed by atoms with Crippen LogP contribution >= 0.6 is 11.6 Å². The molecule has 108 valence electrons. The maximum atomic E-state index is 11.5. The van der Waals surface area contributed by atoms with E-state index in [-0.39, 0.29) is 23.5 Å². The van der Waals surface area contributed by atoms with Gasteiger partial charge in [0.25, 0.3) is 0 Å². The van der Waals surface area contributed by atoms with E-state index in [0.717, 1.165) is 0 Å². The minimum Gasteiger partial charge on any atom is -0.464 e. The van der Waals surface area contributed by atoms with Crippen LogP contribution in [0, 0.1) is 0 Å². The molecule has 0 fully saturated rings. The molecule has 0 spiro atoms. The molecule has 1 N–H and O–H groups in total. The van der Waals surface area contributed by atoms with Gasteiger partial charge in [-0.1, -0.05) is 11.6 Å². The van der Waals surface area contributed by atoms with Crippen molar-refractivity contribution in [2.45, 2.75) is 0 Å². The first kappa shape index (κ1) is 13.4. The monoisotopic (exact) mass is 307 g/mol. The lowest BCUT2D eigenvalue weighted by molar-refractivity contribution is 0.0594. The Morgan fingerprint density at radius 3 is 3.00 bits per heavy atom. The van der Waals surface area contributed by atoms with E-state index < -0.39 is 5.97 Å². The number of halogens is 1. The molecule has 0 radical (unpaired) electrons. The van der Waals surface area contributed by atoms with Gasteiger partial charge in [0.2, 0.25) is 12.7 Å². The molecular weight excluding hydrogens is 298 g/mol. The van der Waals surface area contributed by atoms with E-state index in [1.54, 1.807) is 18.2 Å². The van der Waals surface area contributed by atoms with E-state index in [2.05, 4.69) is 20.0 Å². The van der Waals surface area contributed by atoms with Gasteiger partial charge in [0.1, 0.15) is 0 Å². The van der Waals surface area contributed by atoms with Gasteiger partial charge in [0.15, 0.2) is 17.2 Å². The number of ether oxygens (including phenoxy) is 3. The first-order valence-corrected chi connectivity index (χ1v) is 6.32.